The molecule has 0 radical (unpaired) electrons. The Bertz CT molecular complexity index is 347. The largest absolute Gasteiger partial charge is 0.478 e. The number of rotatable bonds is 9. The number of nitrogens with zero attached hydrogens (tertiary/aromatic N) is 2. The van der Waals surface area contributed by atoms with Crippen LogP contribution in [-0.2, 0) is 0 Å². The van der Waals surface area contributed by atoms with Gasteiger partial charge in [-0.05, 0) is 19.1 Å². The zero-order valence-electron chi connectivity index (χ0n) is 11.5. The smallest absolute Gasteiger partial charge is 0.219 e. The summed E-state index contributed by atoms with van der Waals surface area (Å²) in [5, 5.41) is 4.02. The first kappa shape index (κ1) is 15.1. The molecular weight excluding hydrogens is 246 g/mol. The maximum atomic E-state index is 5.67. The van der Waals surface area contributed by atoms with Gasteiger partial charge in [-0.1, -0.05) is 38.5 Å². The van der Waals surface area contributed by atoms with E-state index in [-0.39, 0.29) is 0 Å². The molecular formula is C13H23N3OS. The van der Waals surface area contributed by atoms with E-state index in [2.05, 4.69) is 29.1 Å². The van der Waals surface area contributed by atoms with Gasteiger partial charge >= 0.3 is 0 Å². The van der Waals surface area contributed by atoms with Gasteiger partial charge in [0.1, 0.15) is 5.82 Å². The summed E-state index contributed by atoms with van der Waals surface area (Å²) in [7, 11) is 0. The summed E-state index contributed by atoms with van der Waals surface area (Å²) in [4.78, 5) is 8.74. The molecule has 0 aromatic carbocycles. The molecule has 0 unspecified atom stereocenters. The third-order valence-corrected chi connectivity index (χ3v) is 2.97. The minimum atomic E-state index is 0.670. The van der Waals surface area contributed by atoms with Crippen molar-refractivity contribution in [3.63, 3.8) is 0 Å². The van der Waals surface area contributed by atoms with Crippen molar-refractivity contribution in [2.45, 2.75) is 44.7 Å². The molecule has 0 fully saturated rings. The molecule has 1 rings (SSSR count). The van der Waals surface area contributed by atoms with Gasteiger partial charge in [0.15, 0.2) is 5.16 Å². The molecule has 0 saturated heterocycles. The molecule has 0 aliphatic carbocycles. The first-order chi connectivity index (χ1) is 8.80. The van der Waals surface area contributed by atoms with Crippen LogP contribution in [0.2, 0.25) is 0 Å². The predicted molar refractivity (Wildman–Crippen MR) is 77.6 cm³/mol. The Hall–Kier alpha value is -0.970. The summed E-state index contributed by atoms with van der Waals surface area (Å²) in [6.45, 7) is 5.96. The molecule has 1 aromatic heterocycles. The quantitative estimate of drug-likeness (QED) is 0.422. The highest BCUT2D eigenvalue weighted by Gasteiger charge is 2.04. The fourth-order valence-electron chi connectivity index (χ4n) is 1.44. The van der Waals surface area contributed by atoms with Gasteiger partial charge in [0.2, 0.25) is 5.88 Å². The molecule has 0 atom stereocenters. The lowest BCUT2D eigenvalue weighted by molar-refractivity contribution is 0.292. The van der Waals surface area contributed by atoms with Crippen molar-refractivity contribution in [2.24, 2.45) is 0 Å². The van der Waals surface area contributed by atoms with Crippen LogP contribution >= 0.6 is 11.8 Å². The molecule has 4 nitrogen and oxygen atoms in total. The van der Waals surface area contributed by atoms with Crippen molar-refractivity contribution in [1.82, 2.24) is 9.97 Å². The van der Waals surface area contributed by atoms with Crippen molar-refractivity contribution in [3.05, 3.63) is 6.07 Å². The molecule has 0 bridgehead atoms. The second kappa shape index (κ2) is 9.03. The molecule has 1 heterocycles. The molecule has 18 heavy (non-hydrogen) atoms. The Labute approximate surface area is 114 Å². The van der Waals surface area contributed by atoms with Crippen LogP contribution in [0.15, 0.2) is 11.2 Å². The fourth-order valence-corrected chi connectivity index (χ4v) is 1.81. The van der Waals surface area contributed by atoms with E-state index in [4.69, 9.17) is 4.74 Å². The van der Waals surface area contributed by atoms with Gasteiger partial charge in [0.25, 0.3) is 0 Å². The van der Waals surface area contributed by atoms with E-state index in [9.17, 15) is 0 Å². The van der Waals surface area contributed by atoms with Crippen LogP contribution in [0.5, 0.6) is 5.88 Å². The SMILES string of the molecule is CCCCCOc1cc(NCCC)nc(SC)n1. The highest BCUT2D eigenvalue weighted by atomic mass is 32.2. The van der Waals surface area contributed by atoms with Crippen molar-refractivity contribution in [1.29, 1.82) is 0 Å². The highest BCUT2D eigenvalue weighted by Crippen LogP contribution is 2.19. The normalized spacial score (nSPS) is 10.4. The molecule has 5 heteroatoms. The fraction of sp³-hybridized carbons (Fsp3) is 0.692. The zero-order valence-corrected chi connectivity index (χ0v) is 12.3. The van der Waals surface area contributed by atoms with Gasteiger partial charge in [0, 0.05) is 12.6 Å². The Morgan fingerprint density at radius 2 is 2.06 bits per heavy atom. The summed E-state index contributed by atoms with van der Waals surface area (Å²) in [5.41, 5.74) is 0. The molecule has 0 amide bonds. The van der Waals surface area contributed by atoms with E-state index in [0.29, 0.717) is 5.88 Å². The van der Waals surface area contributed by atoms with E-state index in [1.165, 1.54) is 24.6 Å². The molecule has 1 aromatic rings. The Morgan fingerprint density at radius 3 is 2.72 bits per heavy atom. The van der Waals surface area contributed by atoms with Crippen LogP contribution in [0.25, 0.3) is 0 Å². The molecule has 1 N–H and O–H groups in total. The molecule has 0 aliphatic rings. The summed E-state index contributed by atoms with van der Waals surface area (Å²) in [5.74, 6) is 1.52. The lowest BCUT2D eigenvalue weighted by Crippen LogP contribution is -2.06. The Kier molecular flexibility index (Phi) is 7.57. The lowest BCUT2D eigenvalue weighted by Gasteiger charge is -2.09. The van der Waals surface area contributed by atoms with Crippen molar-refractivity contribution >= 4 is 17.6 Å². The van der Waals surface area contributed by atoms with Gasteiger partial charge in [0.05, 0.1) is 6.61 Å². The van der Waals surface area contributed by atoms with E-state index < -0.39 is 0 Å². The minimum Gasteiger partial charge on any atom is -0.478 e. The summed E-state index contributed by atoms with van der Waals surface area (Å²) >= 11 is 1.53. The van der Waals surface area contributed by atoms with E-state index in [0.717, 1.165) is 37.0 Å². The van der Waals surface area contributed by atoms with Gasteiger partial charge in [-0.25, -0.2) is 4.98 Å². The molecule has 0 spiro atoms. The van der Waals surface area contributed by atoms with Crippen LogP contribution < -0.4 is 10.1 Å². The number of hydrogen-bond donors (Lipinski definition) is 1. The van der Waals surface area contributed by atoms with Gasteiger partial charge in [-0.15, -0.1) is 0 Å². The molecule has 102 valence electrons. The van der Waals surface area contributed by atoms with E-state index in [1.54, 1.807) is 0 Å². The Balaban J connectivity index is 2.58. The standard InChI is InChI=1S/C13H23N3OS/c1-4-6-7-9-17-12-10-11(14-8-5-2)15-13(16-12)18-3/h10H,4-9H2,1-3H3,(H,14,15,16). The molecule has 0 aliphatic heterocycles. The van der Waals surface area contributed by atoms with Crippen LogP contribution in [0.3, 0.4) is 0 Å². The third-order valence-electron chi connectivity index (χ3n) is 2.42. The number of nitrogens with one attached hydrogen (secondary N) is 1. The number of aromatic nitrogens is 2. The molecule has 0 saturated carbocycles. The van der Waals surface area contributed by atoms with Crippen LogP contribution in [-0.4, -0.2) is 29.4 Å². The van der Waals surface area contributed by atoms with Crippen LogP contribution in [0.4, 0.5) is 5.82 Å². The maximum Gasteiger partial charge on any atom is 0.219 e. The maximum absolute atomic E-state index is 5.67. The number of unbranched alkanes of at least 4 members (excludes halogenated alkanes) is 2. The number of hydrogen-bond acceptors (Lipinski definition) is 5. The lowest BCUT2D eigenvalue weighted by atomic mass is 10.3. The van der Waals surface area contributed by atoms with E-state index in [1.807, 2.05) is 12.3 Å². The van der Waals surface area contributed by atoms with Crippen molar-refractivity contribution < 1.29 is 4.74 Å². The topological polar surface area (TPSA) is 47.0 Å². The Morgan fingerprint density at radius 1 is 1.22 bits per heavy atom. The monoisotopic (exact) mass is 269 g/mol. The summed E-state index contributed by atoms with van der Waals surface area (Å²) in [6.07, 6.45) is 6.52. The van der Waals surface area contributed by atoms with Crippen molar-refractivity contribution in [3.8, 4) is 5.88 Å². The zero-order chi connectivity index (χ0) is 13.2. The van der Waals surface area contributed by atoms with E-state index >= 15 is 0 Å². The summed E-state index contributed by atoms with van der Waals surface area (Å²) in [6, 6.07) is 1.88. The first-order valence-corrected chi connectivity index (χ1v) is 7.82. The highest BCUT2D eigenvalue weighted by molar-refractivity contribution is 7.98. The van der Waals surface area contributed by atoms with Crippen molar-refractivity contribution in [2.75, 3.05) is 24.7 Å². The average Bonchev–Trinajstić information content (AvgIpc) is 2.41. The van der Waals surface area contributed by atoms with Crippen LogP contribution in [0.1, 0.15) is 39.5 Å². The first-order valence-electron chi connectivity index (χ1n) is 6.59. The predicted octanol–water partition coefficient (Wildman–Crippen LogP) is 3.59. The van der Waals surface area contributed by atoms with Gasteiger partial charge in [-0.2, -0.15) is 4.98 Å². The van der Waals surface area contributed by atoms with Crippen LogP contribution in [0, 0.1) is 0 Å². The van der Waals surface area contributed by atoms with Gasteiger partial charge in [-0.3, -0.25) is 0 Å². The number of ether oxygens (including phenoxy) is 1. The average molecular weight is 269 g/mol. The second-order valence-corrected chi connectivity index (χ2v) is 4.83. The summed E-state index contributed by atoms with van der Waals surface area (Å²) < 4.78 is 5.67. The number of thioether (sulfide) groups is 1. The second-order valence-electron chi connectivity index (χ2n) is 4.06. The third kappa shape index (κ3) is 5.58. The number of anilines is 1. The minimum absolute atomic E-state index is 0.670. The van der Waals surface area contributed by atoms with Gasteiger partial charge < -0.3 is 10.1 Å².